The summed E-state index contributed by atoms with van der Waals surface area (Å²) in [5.74, 6) is -0.563. The fourth-order valence-corrected chi connectivity index (χ4v) is 9.20. The molecule has 4 aliphatic rings. The summed E-state index contributed by atoms with van der Waals surface area (Å²) in [5.41, 5.74) is 9.89. The Hall–Kier alpha value is -4.37. The highest BCUT2D eigenvalue weighted by Crippen LogP contribution is 2.40. The lowest BCUT2D eigenvalue weighted by atomic mass is 9.94. The summed E-state index contributed by atoms with van der Waals surface area (Å²) in [6.07, 6.45) is 6.87. The molecule has 0 radical (unpaired) electrons. The number of nitrogens with zero attached hydrogens (tertiary/aromatic N) is 6. The molecule has 4 atom stereocenters. The van der Waals surface area contributed by atoms with E-state index in [1.54, 1.807) is 7.11 Å². The normalized spacial score (nSPS) is 24.5. The number of fused-ring (bicyclic) bond motifs is 6. The van der Waals surface area contributed by atoms with Gasteiger partial charge in [-0.15, -0.1) is 11.3 Å². The molecule has 13 nitrogen and oxygen atoms in total. The van der Waals surface area contributed by atoms with Gasteiger partial charge in [0, 0.05) is 97.7 Å². The van der Waals surface area contributed by atoms with Crippen LogP contribution >= 0.6 is 11.3 Å². The topological polar surface area (TPSA) is 134 Å². The van der Waals surface area contributed by atoms with E-state index in [0.29, 0.717) is 44.9 Å². The number of nitrogens with one attached hydrogen (secondary N) is 2. The maximum atomic E-state index is 14.1. The van der Waals surface area contributed by atoms with Crippen LogP contribution in [0.25, 0.3) is 33.4 Å². The van der Waals surface area contributed by atoms with Crippen molar-refractivity contribution in [3.63, 3.8) is 0 Å². The quantitative estimate of drug-likeness (QED) is 0.258. The average Bonchev–Trinajstić information content (AvgIpc) is 3.62. The largest absolute Gasteiger partial charge is 0.464 e. The van der Waals surface area contributed by atoms with Crippen LogP contribution in [0.5, 0.6) is 0 Å². The third kappa shape index (κ3) is 8.07. The SMILES string of the molecule is COCCc1c(-c2cncc(N3CCN(C)CC3)c2)n2c3cc(ccc13)-c1csc(n1)C[C@H](NC(=O)[C@H]1C[C@@H]1C)C(=O)N1CCC[C@H](N1)C(=O)OCC(C)(C)C2. The minimum Gasteiger partial charge on any atom is -0.464 e. The number of hydrazine groups is 1. The van der Waals surface area contributed by atoms with Gasteiger partial charge in [0.2, 0.25) is 5.91 Å². The van der Waals surface area contributed by atoms with Crippen molar-refractivity contribution in [3.8, 4) is 22.5 Å². The van der Waals surface area contributed by atoms with Crippen LogP contribution in [0, 0.1) is 17.3 Å². The maximum Gasteiger partial charge on any atom is 0.324 e. The van der Waals surface area contributed by atoms with Crippen molar-refractivity contribution in [2.24, 2.45) is 17.3 Å². The number of benzene rings is 1. The highest BCUT2D eigenvalue weighted by Gasteiger charge is 2.42. The van der Waals surface area contributed by atoms with Crippen molar-refractivity contribution in [3.05, 3.63) is 52.6 Å². The Balaban J connectivity index is 1.23. The van der Waals surface area contributed by atoms with E-state index in [1.807, 2.05) is 24.7 Å². The molecule has 1 aliphatic carbocycles. The number of esters is 1. The van der Waals surface area contributed by atoms with Gasteiger partial charge >= 0.3 is 5.97 Å². The summed E-state index contributed by atoms with van der Waals surface area (Å²) in [4.78, 5) is 55.6. The molecule has 56 heavy (non-hydrogen) atoms. The first-order valence-corrected chi connectivity index (χ1v) is 20.9. The number of carbonyl (C=O) groups is 3. The molecular weight excluding hydrogens is 729 g/mol. The molecule has 4 aromatic rings. The molecule has 0 unspecified atom stereocenters. The summed E-state index contributed by atoms with van der Waals surface area (Å²) in [7, 11) is 3.90. The minimum atomic E-state index is -0.824. The fourth-order valence-electron chi connectivity index (χ4n) is 8.35. The van der Waals surface area contributed by atoms with Gasteiger partial charge in [0.1, 0.15) is 12.1 Å². The van der Waals surface area contributed by atoms with Gasteiger partial charge in [-0.25, -0.2) is 10.4 Å². The van der Waals surface area contributed by atoms with E-state index in [9.17, 15) is 14.4 Å². The van der Waals surface area contributed by atoms with Crippen molar-refractivity contribution in [2.45, 2.75) is 71.5 Å². The van der Waals surface area contributed by atoms with Crippen LogP contribution < -0.4 is 15.6 Å². The first-order chi connectivity index (χ1) is 27.0. The molecule has 6 heterocycles. The first-order valence-electron chi connectivity index (χ1n) is 20.0. The average molecular weight is 783 g/mol. The van der Waals surface area contributed by atoms with Crippen LogP contribution in [0.1, 0.15) is 50.6 Å². The van der Waals surface area contributed by atoms with Crippen molar-refractivity contribution in [1.82, 2.24) is 35.2 Å². The second-order valence-corrected chi connectivity index (χ2v) is 17.8. The Kier molecular flexibility index (Phi) is 10.9. The summed E-state index contributed by atoms with van der Waals surface area (Å²) in [5, 5.41) is 8.45. The lowest BCUT2D eigenvalue weighted by Crippen LogP contribution is -2.60. The number of cyclic esters (lactones) is 1. The molecule has 1 aromatic carbocycles. The predicted octanol–water partition coefficient (Wildman–Crippen LogP) is 4.53. The molecule has 2 saturated heterocycles. The molecular formula is C42H54N8O5S. The van der Waals surface area contributed by atoms with E-state index in [2.05, 4.69) is 70.3 Å². The Bertz CT molecular complexity index is 2100. The van der Waals surface area contributed by atoms with E-state index < -0.39 is 23.5 Å². The van der Waals surface area contributed by atoms with E-state index in [-0.39, 0.29) is 30.8 Å². The number of ether oxygens (including phenoxy) is 2. The molecule has 0 spiro atoms. The second kappa shape index (κ2) is 15.9. The number of rotatable bonds is 7. The lowest BCUT2D eigenvalue weighted by Gasteiger charge is -2.35. The smallest absolute Gasteiger partial charge is 0.324 e. The number of thiazole rings is 1. The monoisotopic (exact) mass is 782 g/mol. The molecule has 3 fully saturated rings. The number of anilines is 1. The molecule has 14 heteroatoms. The number of piperazine rings is 1. The highest BCUT2D eigenvalue weighted by atomic mass is 32.1. The standard InChI is InChI=1S/C42H54N8O5S/c1-26-17-32(26)39(51)45-34-20-37-44-35(23-56-37)27-8-9-30-31(10-16-54-5)38(28-18-29(22-43-21-28)48-14-12-47(4)13-15-48)49(36(30)19-27)24-42(2,3)25-55-41(53)33-7-6-11-50(46-33)40(34)52/h8-9,18-19,21-23,26,32-34,46H,6-7,10-17,20,24-25H2,1-5H3,(H,45,51)/t26-,32-,33-,34-/m0/s1. The second-order valence-electron chi connectivity index (χ2n) is 16.9. The van der Waals surface area contributed by atoms with E-state index in [1.165, 1.54) is 21.9 Å². The van der Waals surface area contributed by atoms with Crippen LogP contribution in [0.3, 0.4) is 0 Å². The number of likely N-dealkylation sites (N-methyl/N-ethyl adjacent to an activating group) is 1. The Morgan fingerprint density at radius 3 is 2.68 bits per heavy atom. The predicted molar refractivity (Wildman–Crippen MR) is 217 cm³/mol. The summed E-state index contributed by atoms with van der Waals surface area (Å²) in [6, 6.07) is 7.27. The molecule has 298 valence electrons. The number of amides is 2. The molecule has 2 amide bonds. The van der Waals surface area contributed by atoms with Gasteiger partial charge in [-0.05, 0) is 56.3 Å². The van der Waals surface area contributed by atoms with Gasteiger partial charge in [0.05, 0.1) is 41.5 Å². The molecule has 2 N–H and O–H groups in total. The van der Waals surface area contributed by atoms with Crippen molar-refractivity contribution in [2.75, 3.05) is 65.0 Å². The number of methoxy groups -OCH3 is 1. The van der Waals surface area contributed by atoms with Crippen molar-refractivity contribution < 1.29 is 23.9 Å². The lowest BCUT2D eigenvalue weighted by molar-refractivity contribution is -0.155. The third-order valence-electron chi connectivity index (χ3n) is 11.8. The fraction of sp³-hybridized carbons (Fsp3) is 0.548. The van der Waals surface area contributed by atoms with Gasteiger partial charge in [-0.2, -0.15) is 0 Å². The van der Waals surface area contributed by atoms with Crippen LogP contribution in [-0.2, 0) is 43.2 Å². The third-order valence-corrected chi connectivity index (χ3v) is 12.7. The summed E-state index contributed by atoms with van der Waals surface area (Å²) < 4.78 is 14.1. The summed E-state index contributed by atoms with van der Waals surface area (Å²) in [6.45, 7) is 11.9. The van der Waals surface area contributed by atoms with Crippen molar-refractivity contribution >= 4 is 45.7 Å². The molecule has 3 aromatic heterocycles. The van der Waals surface area contributed by atoms with Gasteiger partial charge < -0.3 is 29.2 Å². The van der Waals surface area contributed by atoms with Crippen LogP contribution in [0.4, 0.5) is 5.69 Å². The highest BCUT2D eigenvalue weighted by molar-refractivity contribution is 7.10. The molecule has 1 saturated carbocycles. The zero-order valence-electron chi connectivity index (χ0n) is 33.2. The minimum absolute atomic E-state index is 0.0882. The van der Waals surface area contributed by atoms with Crippen LogP contribution in [0.15, 0.2) is 42.0 Å². The zero-order chi connectivity index (χ0) is 39.1. The first kappa shape index (κ1) is 38.5. The molecule has 6 bridgehead atoms. The number of pyridine rings is 1. The molecule has 8 rings (SSSR count). The van der Waals surface area contributed by atoms with Gasteiger partial charge in [0.25, 0.3) is 5.91 Å². The van der Waals surface area contributed by atoms with Crippen molar-refractivity contribution in [1.29, 1.82) is 0 Å². The van der Waals surface area contributed by atoms with Gasteiger partial charge in [0.15, 0.2) is 0 Å². The Labute approximate surface area is 332 Å². The maximum absolute atomic E-state index is 14.1. The van der Waals surface area contributed by atoms with Crippen LogP contribution in [-0.4, -0.2) is 114 Å². The summed E-state index contributed by atoms with van der Waals surface area (Å²) >= 11 is 1.49. The number of hydrogen-bond donors (Lipinski definition) is 2. The van der Waals surface area contributed by atoms with E-state index in [4.69, 9.17) is 19.4 Å². The number of hydrogen-bond acceptors (Lipinski definition) is 11. The van der Waals surface area contributed by atoms with Crippen LogP contribution in [0.2, 0.25) is 0 Å². The van der Waals surface area contributed by atoms with E-state index >= 15 is 0 Å². The Morgan fingerprint density at radius 1 is 1.11 bits per heavy atom. The van der Waals surface area contributed by atoms with E-state index in [0.717, 1.165) is 76.7 Å². The number of aromatic nitrogens is 3. The van der Waals surface area contributed by atoms with Gasteiger partial charge in [-0.3, -0.25) is 24.4 Å². The Morgan fingerprint density at radius 2 is 1.91 bits per heavy atom. The van der Waals surface area contributed by atoms with Gasteiger partial charge in [-0.1, -0.05) is 32.9 Å². The zero-order valence-corrected chi connectivity index (χ0v) is 34.0. The molecule has 3 aliphatic heterocycles. The number of carbonyl (C=O) groups excluding carboxylic acids is 3.